The highest BCUT2D eigenvalue weighted by molar-refractivity contribution is 8.00. The second kappa shape index (κ2) is 6.45. The third kappa shape index (κ3) is 4.96. The van der Waals surface area contributed by atoms with Crippen molar-refractivity contribution in [3.05, 3.63) is 0 Å². The molecule has 0 saturated carbocycles. The van der Waals surface area contributed by atoms with Gasteiger partial charge < -0.3 is 5.73 Å². The first-order valence-corrected chi connectivity index (χ1v) is 9.61. The molecular weight excluding hydrogens is 282 g/mol. The summed E-state index contributed by atoms with van der Waals surface area (Å²) >= 11 is 1.70. The lowest BCUT2D eigenvalue weighted by molar-refractivity contribution is 0.254. The van der Waals surface area contributed by atoms with Crippen LogP contribution in [0.4, 0.5) is 0 Å². The summed E-state index contributed by atoms with van der Waals surface area (Å²) in [6.45, 7) is 5.49. The third-order valence-electron chi connectivity index (χ3n) is 3.66. The molecular formula is C12H25N3O2S2. The van der Waals surface area contributed by atoms with Crippen molar-refractivity contribution >= 4 is 27.4 Å². The monoisotopic (exact) mass is 307 g/mol. The molecule has 0 aromatic heterocycles. The third-order valence-corrected chi connectivity index (χ3v) is 6.35. The zero-order chi connectivity index (χ0) is 14.7. The summed E-state index contributed by atoms with van der Waals surface area (Å²) in [5.74, 6) is 1.85. The second-order valence-corrected chi connectivity index (χ2v) is 9.15. The van der Waals surface area contributed by atoms with Crippen LogP contribution in [0.2, 0.25) is 0 Å². The average Bonchev–Trinajstić information content (AvgIpc) is 2.27. The Kier molecular flexibility index (Phi) is 5.70. The smallest absolute Gasteiger partial charge is 0.164 e. The van der Waals surface area contributed by atoms with Crippen LogP contribution in [0.25, 0.3) is 0 Å². The maximum atomic E-state index is 11.8. The molecule has 0 aliphatic carbocycles. The predicted octanol–water partition coefficient (Wildman–Crippen LogP) is 1.15. The van der Waals surface area contributed by atoms with E-state index in [1.165, 1.54) is 6.26 Å². The van der Waals surface area contributed by atoms with Crippen LogP contribution in [-0.4, -0.2) is 55.4 Å². The lowest BCUT2D eigenvalue weighted by Crippen LogP contribution is -2.47. The highest BCUT2D eigenvalue weighted by Crippen LogP contribution is 2.24. The Labute approximate surface area is 120 Å². The maximum Gasteiger partial charge on any atom is 0.164 e. The summed E-state index contributed by atoms with van der Waals surface area (Å²) in [4.78, 5) is 2.06. The van der Waals surface area contributed by atoms with Gasteiger partial charge in [-0.1, -0.05) is 13.8 Å². The van der Waals surface area contributed by atoms with Gasteiger partial charge in [-0.05, 0) is 19.4 Å². The zero-order valence-electron chi connectivity index (χ0n) is 12.0. The molecule has 0 radical (unpaired) electrons. The number of rotatable bonds is 6. The summed E-state index contributed by atoms with van der Waals surface area (Å²) in [6.07, 6.45) is 2.99. The molecule has 1 atom stereocenters. The molecule has 1 aliphatic heterocycles. The van der Waals surface area contributed by atoms with Crippen molar-refractivity contribution < 1.29 is 8.42 Å². The van der Waals surface area contributed by atoms with Crippen molar-refractivity contribution in [1.82, 2.24) is 4.90 Å². The van der Waals surface area contributed by atoms with Crippen LogP contribution in [0.1, 0.15) is 26.7 Å². The van der Waals surface area contributed by atoms with Crippen molar-refractivity contribution in [1.29, 1.82) is 5.41 Å². The van der Waals surface area contributed by atoms with E-state index < -0.39 is 9.84 Å². The number of sulfone groups is 1. The molecule has 112 valence electrons. The number of thioether (sulfide) groups is 1. The Morgan fingerprint density at radius 2 is 2.16 bits per heavy atom. The SMILES string of the molecule is CC(C)(CCCN1CCSCC1S(C)(=O)=O)C(=N)N. The molecule has 5 nitrogen and oxygen atoms in total. The van der Waals surface area contributed by atoms with Crippen LogP contribution in [-0.2, 0) is 9.84 Å². The molecule has 0 aromatic carbocycles. The van der Waals surface area contributed by atoms with Gasteiger partial charge in [0.05, 0.1) is 5.84 Å². The minimum atomic E-state index is -3.02. The summed E-state index contributed by atoms with van der Waals surface area (Å²) in [6, 6.07) is 0. The maximum absolute atomic E-state index is 11.8. The number of nitrogens with one attached hydrogen (secondary N) is 1. The van der Waals surface area contributed by atoms with Crippen molar-refractivity contribution in [2.24, 2.45) is 11.1 Å². The molecule has 0 aromatic rings. The highest BCUT2D eigenvalue weighted by Gasteiger charge is 2.31. The van der Waals surface area contributed by atoms with E-state index in [2.05, 4.69) is 4.90 Å². The molecule has 19 heavy (non-hydrogen) atoms. The van der Waals surface area contributed by atoms with Gasteiger partial charge in [0.2, 0.25) is 0 Å². The molecule has 1 rings (SSSR count). The molecule has 1 unspecified atom stereocenters. The largest absolute Gasteiger partial charge is 0.387 e. The molecule has 1 heterocycles. The molecule has 7 heteroatoms. The van der Waals surface area contributed by atoms with E-state index in [4.69, 9.17) is 11.1 Å². The van der Waals surface area contributed by atoms with Gasteiger partial charge in [-0.25, -0.2) is 8.42 Å². The standard InChI is InChI=1S/C12H25N3O2S2/c1-12(2,11(13)14)5-4-6-15-7-8-18-9-10(15)19(3,16)17/h10H,4-9H2,1-3H3,(H3,13,14). The fourth-order valence-corrected chi connectivity index (χ4v) is 5.10. The predicted molar refractivity (Wildman–Crippen MR) is 82.5 cm³/mol. The fourth-order valence-electron chi connectivity index (χ4n) is 2.12. The molecule has 1 fully saturated rings. The van der Waals surface area contributed by atoms with Crippen molar-refractivity contribution in [2.75, 3.05) is 30.9 Å². The Morgan fingerprint density at radius 1 is 1.53 bits per heavy atom. The molecule has 3 N–H and O–H groups in total. The summed E-state index contributed by atoms with van der Waals surface area (Å²) < 4.78 is 23.5. The quantitative estimate of drug-likeness (QED) is 0.568. The van der Waals surface area contributed by atoms with Crippen molar-refractivity contribution in [2.45, 2.75) is 32.1 Å². The molecule has 1 aliphatic rings. The van der Waals surface area contributed by atoms with Gasteiger partial charge in [-0.15, -0.1) is 0 Å². The van der Waals surface area contributed by atoms with Crippen LogP contribution in [0, 0.1) is 10.8 Å². The number of amidine groups is 1. The lowest BCUT2D eigenvalue weighted by atomic mass is 9.86. The van der Waals surface area contributed by atoms with Gasteiger partial charge in [0.25, 0.3) is 0 Å². The molecule has 0 bridgehead atoms. The van der Waals surface area contributed by atoms with Gasteiger partial charge >= 0.3 is 0 Å². The number of nitrogens with zero attached hydrogens (tertiary/aromatic N) is 1. The van der Waals surface area contributed by atoms with Gasteiger partial charge in [-0.3, -0.25) is 10.3 Å². The number of hydrogen-bond donors (Lipinski definition) is 2. The summed E-state index contributed by atoms with van der Waals surface area (Å²) in [5, 5.41) is 7.17. The van der Waals surface area contributed by atoms with Crippen LogP contribution in [0.5, 0.6) is 0 Å². The Bertz CT molecular complexity index is 421. The summed E-state index contributed by atoms with van der Waals surface area (Å²) in [5.41, 5.74) is 5.26. The number of nitrogens with two attached hydrogens (primary N) is 1. The average molecular weight is 307 g/mol. The highest BCUT2D eigenvalue weighted by atomic mass is 32.2. The van der Waals surface area contributed by atoms with E-state index in [9.17, 15) is 8.42 Å². The fraction of sp³-hybridized carbons (Fsp3) is 0.917. The van der Waals surface area contributed by atoms with Crippen molar-refractivity contribution in [3.8, 4) is 0 Å². The van der Waals surface area contributed by atoms with E-state index in [1.807, 2.05) is 13.8 Å². The minimum Gasteiger partial charge on any atom is -0.387 e. The van der Waals surface area contributed by atoms with Gasteiger partial charge in [0, 0.05) is 29.7 Å². The van der Waals surface area contributed by atoms with E-state index in [0.29, 0.717) is 5.75 Å². The van der Waals surface area contributed by atoms with Gasteiger partial charge in [-0.2, -0.15) is 11.8 Å². The first-order valence-electron chi connectivity index (χ1n) is 6.50. The topological polar surface area (TPSA) is 87.2 Å². The van der Waals surface area contributed by atoms with Crippen LogP contribution >= 0.6 is 11.8 Å². The van der Waals surface area contributed by atoms with Crippen LogP contribution in [0.3, 0.4) is 0 Å². The Morgan fingerprint density at radius 3 is 2.68 bits per heavy atom. The molecule has 1 saturated heterocycles. The first-order chi connectivity index (χ1) is 8.64. The van der Waals surface area contributed by atoms with Crippen LogP contribution in [0.15, 0.2) is 0 Å². The first kappa shape index (κ1) is 16.8. The Hall–Kier alpha value is -0.270. The Balaban J connectivity index is 2.53. The molecule has 0 spiro atoms. The zero-order valence-corrected chi connectivity index (χ0v) is 13.6. The van der Waals surface area contributed by atoms with Gasteiger partial charge in [0.15, 0.2) is 9.84 Å². The van der Waals surface area contributed by atoms with E-state index in [-0.39, 0.29) is 16.6 Å². The van der Waals surface area contributed by atoms with Crippen LogP contribution < -0.4 is 5.73 Å². The normalized spacial score (nSPS) is 22.4. The van der Waals surface area contributed by atoms with E-state index in [0.717, 1.165) is 31.7 Å². The minimum absolute atomic E-state index is 0.196. The van der Waals surface area contributed by atoms with E-state index >= 15 is 0 Å². The van der Waals surface area contributed by atoms with Gasteiger partial charge in [0.1, 0.15) is 5.37 Å². The molecule has 0 amide bonds. The number of hydrogen-bond acceptors (Lipinski definition) is 5. The summed E-state index contributed by atoms with van der Waals surface area (Å²) in [7, 11) is -3.02. The lowest BCUT2D eigenvalue weighted by Gasteiger charge is -2.34. The second-order valence-electron chi connectivity index (χ2n) is 5.80. The van der Waals surface area contributed by atoms with E-state index in [1.54, 1.807) is 11.8 Å². The van der Waals surface area contributed by atoms with Crippen molar-refractivity contribution in [3.63, 3.8) is 0 Å².